The topological polar surface area (TPSA) is 110 Å². The SMILES string of the molecule is CCc1ccc(NC(=O)C(CC)N(c2cc([N+](=O)[O-])ccc2C)S(C)(=O)=O)cc1. The predicted octanol–water partition coefficient (Wildman–Crippen LogP) is 3.65. The average molecular weight is 420 g/mol. The summed E-state index contributed by atoms with van der Waals surface area (Å²) in [6.07, 6.45) is 2.03. The van der Waals surface area contributed by atoms with E-state index >= 15 is 0 Å². The molecule has 0 saturated carbocycles. The first-order valence-corrected chi connectivity index (χ1v) is 11.1. The Morgan fingerprint density at radius 1 is 1.17 bits per heavy atom. The maximum atomic E-state index is 12.9. The summed E-state index contributed by atoms with van der Waals surface area (Å²) in [5.74, 6) is -0.506. The van der Waals surface area contributed by atoms with Gasteiger partial charge in [-0.05, 0) is 43.0 Å². The van der Waals surface area contributed by atoms with Crippen molar-refractivity contribution in [3.63, 3.8) is 0 Å². The third kappa shape index (κ3) is 5.32. The molecular formula is C20H25N3O5S. The zero-order valence-electron chi connectivity index (χ0n) is 16.9. The highest BCUT2D eigenvalue weighted by Crippen LogP contribution is 2.30. The fraction of sp³-hybridized carbons (Fsp3) is 0.350. The lowest BCUT2D eigenvalue weighted by Crippen LogP contribution is -2.47. The van der Waals surface area contributed by atoms with Crippen molar-refractivity contribution in [3.8, 4) is 0 Å². The van der Waals surface area contributed by atoms with Crippen molar-refractivity contribution in [3.05, 3.63) is 63.7 Å². The summed E-state index contributed by atoms with van der Waals surface area (Å²) >= 11 is 0. The van der Waals surface area contributed by atoms with Gasteiger partial charge in [-0.25, -0.2) is 8.42 Å². The minimum Gasteiger partial charge on any atom is -0.324 e. The van der Waals surface area contributed by atoms with E-state index in [1.807, 2.05) is 19.1 Å². The van der Waals surface area contributed by atoms with Gasteiger partial charge in [-0.2, -0.15) is 0 Å². The summed E-state index contributed by atoms with van der Waals surface area (Å²) in [4.78, 5) is 23.5. The summed E-state index contributed by atoms with van der Waals surface area (Å²) in [7, 11) is -3.89. The molecule has 156 valence electrons. The van der Waals surface area contributed by atoms with Crippen LogP contribution >= 0.6 is 0 Å². The molecule has 0 aliphatic carbocycles. The van der Waals surface area contributed by atoms with E-state index < -0.39 is 26.9 Å². The largest absolute Gasteiger partial charge is 0.324 e. The van der Waals surface area contributed by atoms with Crippen molar-refractivity contribution >= 4 is 33.0 Å². The highest BCUT2D eigenvalue weighted by molar-refractivity contribution is 7.92. The number of nitro groups is 1. The third-order valence-corrected chi connectivity index (χ3v) is 5.77. The standard InChI is InChI=1S/C20H25N3O5S/c1-5-15-8-10-16(11-9-15)21-20(24)18(6-2)22(29(4,27)28)19-13-17(23(25)26)12-7-14(19)3/h7-13,18H,5-6H2,1-4H3,(H,21,24). The first-order chi connectivity index (χ1) is 13.6. The Morgan fingerprint density at radius 2 is 1.79 bits per heavy atom. The third-order valence-electron chi connectivity index (χ3n) is 4.60. The van der Waals surface area contributed by atoms with Crippen LogP contribution in [0, 0.1) is 17.0 Å². The van der Waals surface area contributed by atoms with Crippen LogP contribution in [0.15, 0.2) is 42.5 Å². The fourth-order valence-corrected chi connectivity index (χ4v) is 4.29. The van der Waals surface area contributed by atoms with Gasteiger partial charge in [0.15, 0.2) is 0 Å². The molecule has 0 bridgehead atoms. The first kappa shape index (κ1) is 22.4. The Morgan fingerprint density at radius 3 is 2.28 bits per heavy atom. The fourth-order valence-electron chi connectivity index (χ4n) is 3.03. The molecule has 9 heteroatoms. The summed E-state index contributed by atoms with van der Waals surface area (Å²) < 4.78 is 26.1. The maximum absolute atomic E-state index is 12.9. The lowest BCUT2D eigenvalue weighted by molar-refractivity contribution is -0.384. The van der Waals surface area contributed by atoms with E-state index in [-0.39, 0.29) is 17.8 Å². The van der Waals surface area contributed by atoms with Crippen LogP contribution < -0.4 is 9.62 Å². The highest BCUT2D eigenvalue weighted by Gasteiger charge is 2.33. The molecule has 0 fully saturated rings. The highest BCUT2D eigenvalue weighted by atomic mass is 32.2. The number of nitrogens with zero attached hydrogens (tertiary/aromatic N) is 2. The molecule has 2 aromatic rings. The van der Waals surface area contributed by atoms with Gasteiger partial charge >= 0.3 is 0 Å². The zero-order valence-corrected chi connectivity index (χ0v) is 17.7. The number of carbonyl (C=O) groups excluding carboxylic acids is 1. The Balaban J connectivity index is 2.45. The quantitative estimate of drug-likeness (QED) is 0.519. The molecule has 1 amide bonds. The average Bonchev–Trinajstić information content (AvgIpc) is 2.66. The molecule has 0 saturated heterocycles. The summed E-state index contributed by atoms with van der Waals surface area (Å²) in [5.41, 5.74) is 2.05. The Kier molecular flexibility index (Phi) is 6.97. The van der Waals surface area contributed by atoms with E-state index in [1.54, 1.807) is 26.0 Å². The molecule has 0 heterocycles. The number of aryl methyl sites for hydroxylation is 2. The number of anilines is 2. The molecule has 1 N–H and O–H groups in total. The van der Waals surface area contributed by atoms with Crippen LogP contribution in [0.5, 0.6) is 0 Å². The second-order valence-corrected chi connectivity index (χ2v) is 8.61. The van der Waals surface area contributed by atoms with E-state index in [0.29, 0.717) is 11.3 Å². The van der Waals surface area contributed by atoms with Crippen LogP contribution in [0.2, 0.25) is 0 Å². The van der Waals surface area contributed by atoms with Gasteiger partial charge in [0.25, 0.3) is 5.69 Å². The second-order valence-electron chi connectivity index (χ2n) is 6.75. The minimum atomic E-state index is -3.89. The van der Waals surface area contributed by atoms with E-state index in [4.69, 9.17) is 0 Å². The molecule has 0 radical (unpaired) electrons. The van der Waals surface area contributed by atoms with Gasteiger partial charge in [0.05, 0.1) is 16.9 Å². The zero-order chi connectivity index (χ0) is 21.8. The molecule has 0 aliphatic heterocycles. The molecule has 0 spiro atoms. The molecule has 0 aliphatic rings. The van der Waals surface area contributed by atoms with Crippen LogP contribution in [-0.4, -0.2) is 31.5 Å². The van der Waals surface area contributed by atoms with Crippen LogP contribution in [0.4, 0.5) is 17.1 Å². The van der Waals surface area contributed by atoms with Gasteiger partial charge in [0.2, 0.25) is 15.9 Å². The number of carbonyl (C=O) groups is 1. The molecular weight excluding hydrogens is 394 g/mol. The number of hydrogen-bond acceptors (Lipinski definition) is 5. The van der Waals surface area contributed by atoms with Crippen LogP contribution in [0.3, 0.4) is 0 Å². The molecule has 1 unspecified atom stereocenters. The molecule has 29 heavy (non-hydrogen) atoms. The van der Waals surface area contributed by atoms with Crippen molar-refractivity contribution in [2.24, 2.45) is 0 Å². The molecule has 2 rings (SSSR count). The Hall–Kier alpha value is -2.94. The maximum Gasteiger partial charge on any atom is 0.271 e. The number of nitrogens with one attached hydrogen (secondary N) is 1. The van der Waals surface area contributed by atoms with Gasteiger partial charge in [-0.1, -0.05) is 32.0 Å². The van der Waals surface area contributed by atoms with Gasteiger partial charge < -0.3 is 5.32 Å². The van der Waals surface area contributed by atoms with Crippen molar-refractivity contribution in [2.45, 2.75) is 39.7 Å². The number of rotatable bonds is 8. The summed E-state index contributed by atoms with van der Waals surface area (Å²) in [6, 6.07) is 10.2. The number of benzene rings is 2. The van der Waals surface area contributed by atoms with Gasteiger partial charge in [0, 0.05) is 17.8 Å². The predicted molar refractivity (Wildman–Crippen MR) is 114 cm³/mol. The van der Waals surface area contributed by atoms with Crippen molar-refractivity contribution in [1.82, 2.24) is 0 Å². The monoisotopic (exact) mass is 419 g/mol. The Bertz CT molecular complexity index is 1000. The molecule has 1 atom stereocenters. The summed E-state index contributed by atoms with van der Waals surface area (Å²) in [6.45, 7) is 5.35. The van der Waals surface area contributed by atoms with Crippen molar-refractivity contribution in [1.29, 1.82) is 0 Å². The number of hydrogen-bond donors (Lipinski definition) is 1. The smallest absolute Gasteiger partial charge is 0.271 e. The Labute approximate surface area is 170 Å². The molecule has 0 aromatic heterocycles. The number of sulfonamides is 1. The number of amides is 1. The lowest BCUT2D eigenvalue weighted by atomic mass is 10.1. The minimum absolute atomic E-state index is 0.116. The number of non-ortho nitro benzene ring substituents is 1. The van der Waals surface area contributed by atoms with Crippen molar-refractivity contribution < 1.29 is 18.1 Å². The van der Waals surface area contributed by atoms with Gasteiger partial charge in [-0.15, -0.1) is 0 Å². The first-order valence-electron chi connectivity index (χ1n) is 9.22. The van der Waals surface area contributed by atoms with E-state index in [1.165, 1.54) is 18.2 Å². The van der Waals surface area contributed by atoms with Gasteiger partial charge in [-0.3, -0.25) is 19.2 Å². The van der Waals surface area contributed by atoms with Crippen LogP contribution in [-0.2, 0) is 21.2 Å². The summed E-state index contributed by atoms with van der Waals surface area (Å²) in [5, 5.41) is 13.9. The molecule has 2 aromatic carbocycles. The van der Waals surface area contributed by atoms with Gasteiger partial charge in [0.1, 0.15) is 6.04 Å². The van der Waals surface area contributed by atoms with E-state index in [2.05, 4.69) is 5.32 Å². The van der Waals surface area contributed by atoms with Crippen molar-refractivity contribution in [2.75, 3.05) is 15.9 Å². The number of nitro benzene ring substituents is 1. The van der Waals surface area contributed by atoms with E-state index in [9.17, 15) is 23.3 Å². The van der Waals surface area contributed by atoms with Crippen LogP contribution in [0.1, 0.15) is 31.4 Å². The van der Waals surface area contributed by atoms with Crippen LogP contribution in [0.25, 0.3) is 0 Å². The normalized spacial score (nSPS) is 12.3. The molecule has 8 nitrogen and oxygen atoms in total. The second kappa shape index (κ2) is 9.04. The lowest BCUT2D eigenvalue weighted by Gasteiger charge is -2.31. The van der Waals surface area contributed by atoms with E-state index in [0.717, 1.165) is 22.5 Å².